The first-order chi connectivity index (χ1) is 19.0. The molecule has 4 aliphatic carbocycles. The summed E-state index contributed by atoms with van der Waals surface area (Å²) >= 11 is 9.84. The quantitative estimate of drug-likeness (QED) is 0.141. The number of hydrogen-bond acceptors (Lipinski definition) is 6. The topological polar surface area (TPSA) is 55.8 Å². The third-order valence-electron chi connectivity index (χ3n) is 8.44. The fourth-order valence-electron chi connectivity index (χ4n) is 7.15. The molecule has 0 unspecified atom stereocenters. The lowest BCUT2D eigenvalue weighted by molar-refractivity contribution is -0.161. The molecule has 0 aromatic heterocycles. The highest BCUT2D eigenvalue weighted by Gasteiger charge is 2.55. The number of rotatable bonds is 5. The van der Waals surface area contributed by atoms with Gasteiger partial charge in [-0.25, -0.2) is 0 Å². The van der Waals surface area contributed by atoms with Gasteiger partial charge in [0.15, 0.2) is 15.8 Å². The van der Waals surface area contributed by atoms with E-state index in [0.717, 1.165) is 48.1 Å². The molecule has 0 N–H and O–H groups in total. The molecule has 1 amide bonds. The molecule has 4 saturated carbocycles. The van der Waals surface area contributed by atoms with Crippen LogP contribution in [0.15, 0.2) is 45.8 Å². The number of nitrogens with zero attached hydrogens (tertiary/aromatic N) is 1. The molecule has 1 saturated heterocycles. The molecule has 0 atom stereocenters. The minimum Gasteiger partial charge on any atom is -0.493 e. The molecule has 0 radical (unpaired) electrons. The Morgan fingerprint density at radius 1 is 1.12 bits per heavy atom. The summed E-state index contributed by atoms with van der Waals surface area (Å²) in [5.41, 5.74) is -0.681. The summed E-state index contributed by atoms with van der Waals surface area (Å²) in [5, 5.41) is 0. The summed E-state index contributed by atoms with van der Waals surface area (Å²) in [6.45, 7) is 0. The van der Waals surface area contributed by atoms with Crippen molar-refractivity contribution in [3.63, 3.8) is 0 Å². The van der Waals surface area contributed by atoms with Crippen LogP contribution in [0.25, 0.3) is 6.08 Å². The van der Waals surface area contributed by atoms with Crippen LogP contribution in [0.1, 0.15) is 49.7 Å². The van der Waals surface area contributed by atoms with Crippen molar-refractivity contribution < 1.29 is 32.2 Å². The molecule has 5 fully saturated rings. The predicted molar refractivity (Wildman–Crippen MR) is 154 cm³/mol. The van der Waals surface area contributed by atoms with Crippen molar-refractivity contribution >= 4 is 67.9 Å². The van der Waals surface area contributed by atoms with Crippen molar-refractivity contribution in [3.8, 4) is 11.5 Å². The largest absolute Gasteiger partial charge is 0.493 e. The van der Waals surface area contributed by atoms with Crippen LogP contribution in [-0.2, 0) is 15.8 Å². The van der Waals surface area contributed by atoms with Gasteiger partial charge in [0.2, 0.25) is 0 Å². The van der Waals surface area contributed by atoms with E-state index in [0.29, 0.717) is 33.5 Å². The maximum absolute atomic E-state index is 13.5. The van der Waals surface area contributed by atoms with Gasteiger partial charge in [-0.15, -0.1) is 0 Å². The van der Waals surface area contributed by atoms with Crippen molar-refractivity contribution in [2.24, 2.45) is 23.2 Å². The number of halogens is 4. The Labute approximate surface area is 247 Å². The lowest BCUT2D eigenvalue weighted by Crippen LogP contribution is -2.51. The van der Waals surface area contributed by atoms with E-state index >= 15 is 0 Å². The van der Waals surface area contributed by atoms with Gasteiger partial charge in [0, 0.05) is 0 Å². The Morgan fingerprint density at radius 2 is 1.77 bits per heavy atom. The van der Waals surface area contributed by atoms with E-state index in [9.17, 15) is 22.8 Å². The van der Waals surface area contributed by atoms with Crippen LogP contribution in [0.5, 0.6) is 11.5 Å². The second-order valence-electron chi connectivity index (χ2n) is 11.2. The van der Waals surface area contributed by atoms with E-state index in [-0.39, 0.29) is 26.6 Å². The van der Waals surface area contributed by atoms with Crippen molar-refractivity contribution in [2.75, 3.05) is 12.0 Å². The van der Waals surface area contributed by atoms with Crippen LogP contribution in [0.2, 0.25) is 0 Å². The molecule has 1 heterocycles. The van der Waals surface area contributed by atoms with Crippen molar-refractivity contribution in [3.05, 3.63) is 56.9 Å². The standard InChI is InChI=1S/C29H25BrF3NO4S2/c1-37-22-9-15(10-23-25(35)34(27(39)40-23)20-4-2-3-19(11-20)29(31,32)33)8-21(30)24(22)38-26(36)28-12-16-5-17(13-28)7-18(6-16)14-28/h2-4,8-11,16-18H,5-7,12-14H2,1H3/b23-10+. The minimum absolute atomic E-state index is 0.0476. The normalized spacial score (nSPS) is 28.5. The zero-order valence-corrected chi connectivity index (χ0v) is 24.6. The summed E-state index contributed by atoms with van der Waals surface area (Å²) in [7, 11) is 1.47. The van der Waals surface area contributed by atoms with Gasteiger partial charge in [-0.05, 0) is 114 Å². The first kappa shape index (κ1) is 27.8. The number of thioether (sulfide) groups is 1. The van der Waals surface area contributed by atoms with Crippen LogP contribution in [0.4, 0.5) is 18.9 Å². The van der Waals surface area contributed by atoms with Gasteiger partial charge in [0.25, 0.3) is 5.91 Å². The first-order valence-corrected chi connectivity index (χ1v) is 15.0. The van der Waals surface area contributed by atoms with Crippen LogP contribution >= 0.6 is 39.9 Å². The van der Waals surface area contributed by atoms with Crippen LogP contribution in [-0.4, -0.2) is 23.3 Å². The number of hydrogen-bond donors (Lipinski definition) is 0. The summed E-state index contributed by atoms with van der Waals surface area (Å²) in [6, 6.07) is 7.87. The minimum atomic E-state index is -4.55. The van der Waals surface area contributed by atoms with Gasteiger partial charge in [0.05, 0.1) is 33.2 Å². The van der Waals surface area contributed by atoms with Gasteiger partial charge < -0.3 is 9.47 Å². The highest BCUT2D eigenvalue weighted by molar-refractivity contribution is 9.10. The second-order valence-corrected chi connectivity index (χ2v) is 13.7. The number of benzene rings is 2. The molecule has 7 rings (SSSR count). The average Bonchev–Trinajstić information content (AvgIpc) is 3.16. The Kier molecular flexibility index (Phi) is 7.06. The Balaban J connectivity index is 1.24. The third-order valence-corrected chi connectivity index (χ3v) is 10.3. The van der Waals surface area contributed by atoms with Crippen LogP contribution in [0.3, 0.4) is 0 Å². The maximum atomic E-state index is 13.5. The number of anilines is 1. The van der Waals surface area contributed by atoms with E-state index in [4.69, 9.17) is 21.7 Å². The smallest absolute Gasteiger partial charge is 0.416 e. The van der Waals surface area contributed by atoms with Gasteiger partial charge in [0.1, 0.15) is 0 Å². The number of thiocarbonyl (C=S) groups is 1. The Bertz CT molecular complexity index is 1420. The molecule has 11 heteroatoms. The lowest BCUT2D eigenvalue weighted by Gasteiger charge is -2.55. The zero-order valence-electron chi connectivity index (χ0n) is 21.4. The number of methoxy groups -OCH3 is 1. The predicted octanol–water partition coefficient (Wildman–Crippen LogP) is 8.00. The molecule has 2 aromatic rings. The molecule has 5 nitrogen and oxygen atoms in total. The number of carbonyl (C=O) groups excluding carboxylic acids is 2. The van der Waals surface area contributed by atoms with E-state index in [2.05, 4.69) is 15.9 Å². The summed E-state index contributed by atoms with van der Waals surface area (Å²) in [4.78, 5) is 28.1. The van der Waals surface area contributed by atoms with Gasteiger partial charge >= 0.3 is 12.1 Å². The number of esters is 1. The molecular weight excluding hydrogens is 627 g/mol. The third kappa shape index (κ3) is 4.98. The molecule has 1 aliphatic heterocycles. The number of alkyl halides is 3. The monoisotopic (exact) mass is 651 g/mol. The summed E-state index contributed by atoms with van der Waals surface area (Å²) in [6.07, 6.45) is 3.33. The molecular formula is C29H25BrF3NO4S2. The van der Waals surface area contributed by atoms with E-state index in [1.807, 2.05) is 0 Å². The van der Waals surface area contributed by atoms with Crippen LogP contribution < -0.4 is 14.4 Å². The van der Waals surface area contributed by atoms with E-state index in [1.165, 1.54) is 38.5 Å². The van der Waals surface area contributed by atoms with Gasteiger partial charge in [-0.3, -0.25) is 14.5 Å². The molecule has 40 heavy (non-hydrogen) atoms. The number of carbonyl (C=O) groups is 2. The highest BCUT2D eigenvalue weighted by Crippen LogP contribution is 2.60. The molecule has 210 valence electrons. The van der Waals surface area contributed by atoms with E-state index < -0.39 is 23.1 Å². The first-order valence-electron chi connectivity index (χ1n) is 13.0. The van der Waals surface area contributed by atoms with Crippen molar-refractivity contribution in [1.82, 2.24) is 0 Å². The Morgan fingerprint density at radius 3 is 2.38 bits per heavy atom. The molecule has 0 spiro atoms. The fraction of sp³-hybridized carbons (Fsp3) is 0.414. The maximum Gasteiger partial charge on any atom is 0.416 e. The fourth-order valence-corrected chi connectivity index (χ4v) is 8.99. The number of ether oxygens (including phenoxy) is 2. The molecule has 4 bridgehead atoms. The lowest BCUT2D eigenvalue weighted by atomic mass is 9.49. The highest BCUT2D eigenvalue weighted by atomic mass is 79.9. The summed E-state index contributed by atoms with van der Waals surface area (Å²) in [5.74, 6) is 1.68. The molecule has 5 aliphatic rings. The SMILES string of the molecule is COc1cc(/C=C2/SC(=S)N(c3cccc(C(F)(F)F)c3)C2=O)cc(Br)c1OC(=O)C12CC3CC(CC(C3)C1)C2. The Hall–Kier alpha value is -2.37. The van der Waals surface area contributed by atoms with Gasteiger partial charge in [-0.1, -0.05) is 30.0 Å². The van der Waals surface area contributed by atoms with Gasteiger partial charge in [-0.2, -0.15) is 13.2 Å². The number of amides is 1. The second kappa shape index (κ2) is 10.2. The zero-order chi connectivity index (χ0) is 28.4. The van der Waals surface area contributed by atoms with Crippen LogP contribution in [0, 0.1) is 23.2 Å². The molecule has 2 aromatic carbocycles. The van der Waals surface area contributed by atoms with Crippen molar-refractivity contribution in [1.29, 1.82) is 0 Å². The summed E-state index contributed by atoms with van der Waals surface area (Å²) < 4.78 is 51.8. The van der Waals surface area contributed by atoms with Crippen molar-refractivity contribution in [2.45, 2.75) is 44.7 Å². The average molecular weight is 653 g/mol. The van der Waals surface area contributed by atoms with E-state index in [1.54, 1.807) is 18.2 Å².